The Bertz CT molecular complexity index is 876. The van der Waals surface area contributed by atoms with Crippen molar-refractivity contribution in [2.75, 3.05) is 11.9 Å². The van der Waals surface area contributed by atoms with E-state index in [9.17, 15) is 19.2 Å². The number of fused-ring (bicyclic) bond motifs is 5. The molecular weight excluding hydrogens is 396 g/mol. The Labute approximate surface area is 182 Å². The topological polar surface area (TPSA) is 92.8 Å². The minimum atomic E-state index is -1.02. The van der Waals surface area contributed by atoms with Crippen molar-refractivity contribution < 1.29 is 23.9 Å². The van der Waals surface area contributed by atoms with E-state index in [0.29, 0.717) is 0 Å². The molecule has 2 saturated carbocycles. The second-order valence-corrected chi connectivity index (χ2v) is 8.92. The van der Waals surface area contributed by atoms with Crippen molar-refractivity contribution in [2.24, 2.45) is 23.7 Å². The summed E-state index contributed by atoms with van der Waals surface area (Å²) in [6.45, 7) is 5.06. The van der Waals surface area contributed by atoms with E-state index >= 15 is 0 Å². The van der Waals surface area contributed by atoms with Crippen LogP contribution in [-0.2, 0) is 36.8 Å². The number of nitrogens with zero attached hydrogens (tertiary/aromatic N) is 1. The lowest BCUT2D eigenvalue weighted by molar-refractivity contribution is -0.159. The maximum Gasteiger partial charge on any atom is 0.329 e. The molecule has 166 valence electrons. The molecule has 5 atom stereocenters. The van der Waals surface area contributed by atoms with E-state index in [2.05, 4.69) is 5.32 Å². The highest BCUT2D eigenvalue weighted by Crippen LogP contribution is 2.56. The molecule has 0 radical (unpaired) electrons. The molecular formula is C24H30N2O5. The van der Waals surface area contributed by atoms with Crippen molar-refractivity contribution in [3.63, 3.8) is 0 Å². The van der Waals surface area contributed by atoms with Crippen molar-refractivity contribution in [1.82, 2.24) is 4.90 Å². The summed E-state index contributed by atoms with van der Waals surface area (Å²) in [7, 11) is 0. The largest absolute Gasteiger partial charge is 0.454 e. The van der Waals surface area contributed by atoms with E-state index in [0.717, 1.165) is 53.8 Å². The number of benzene rings is 1. The second-order valence-electron chi connectivity index (χ2n) is 8.92. The lowest BCUT2D eigenvalue weighted by Gasteiger charge is -2.23. The molecule has 1 aromatic rings. The minimum absolute atomic E-state index is 0.249. The molecule has 0 spiro atoms. The maximum atomic E-state index is 12.9. The van der Waals surface area contributed by atoms with Crippen LogP contribution in [0.4, 0.5) is 5.69 Å². The van der Waals surface area contributed by atoms with Crippen LogP contribution in [0.1, 0.15) is 51.2 Å². The van der Waals surface area contributed by atoms with Gasteiger partial charge in [-0.2, -0.15) is 0 Å². The second kappa shape index (κ2) is 8.44. The number of para-hydroxylation sites is 1. The molecule has 1 N–H and O–H groups in total. The lowest BCUT2D eigenvalue weighted by atomic mass is 9.81. The SMILES string of the molecule is CCc1cccc(CC)c1NC(=O)COC(=O)[C@@H](C)N1C(=O)[C@@H]2[C@H]3CC[C@@H](C3)[C@@H]2C1=O. The standard InChI is InChI=1S/C24H30N2O5/c1-4-14-7-6-8-15(5-2)21(14)25-18(27)12-31-24(30)13(3)26-22(28)19-16-9-10-17(11-16)20(19)23(26)29/h6-8,13,16-17,19-20H,4-5,9-12H2,1-3H3,(H,25,27)/t13-,16+,17+,19-,20+/m1/s1. The molecule has 7 heteroatoms. The summed E-state index contributed by atoms with van der Waals surface area (Å²) in [5.74, 6) is -1.70. The maximum absolute atomic E-state index is 12.9. The van der Waals surface area contributed by atoms with Crippen LogP contribution in [0.2, 0.25) is 0 Å². The third-order valence-electron chi connectivity index (χ3n) is 7.30. The van der Waals surface area contributed by atoms with Crippen LogP contribution in [0, 0.1) is 23.7 Å². The number of carbonyl (C=O) groups is 4. The van der Waals surface area contributed by atoms with E-state index in [1.807, 2.05) is 32.0 Å². The first-order valence-corrected chi connectivity index (χ1v) is 11.3. The Morgan fingerprint density at radius 3 is 2.13 bits per heavy atom. The fourth-order valence-electron chi connectivity index (χ4n) is 5.75. The molecule has 2 aliphatic carbocycles. The van der Waals surface area contributed by atoms with Gasteiger partial charge in [0.25, 0.3) is 5.91 Å². The van der Waals surface area contributed by atoms with Gasteiger partial charge in [-0.1, -0.05) is 32.0 Å². The number of hydrogen-bond donors (Lipinski definition) is 1. The number of nitrogens with one attached hydrogen (secondary N) is 1. The molecule has 7 nitrogen and oxygen atoms in total. The molecule has 1 aromatic carbocycles. The van der Waals surface area contributed by atoms with Gasteiger partial charge in [-0.05, 0) is 62.0 Å². The van der Waals surface area contributed by atoms with Gasteiger partial charge in [0.05, 0.1) is 11.8 Å². The van der Waals surface area contributed by atoms with Crippen molar-refractivity contribution >= 4 is 29.4 Å². The van der Waals surface area contributed by atoms with Crippen LogP contribution < -0.4 is 5.32 Å². The number of amides is 3. The number of ether oxygens (including phenoxy) is 1. The third kappa shape index (κ3) is 3.64. The zero-order chi connectivity index (χ0) is 22.3. The number of hydrogen-bond acceptors (Lipinski definition) is 5. The number of rotatable bonds is 7. The number of likely N-dealkylation sites (tertiary alicyclic amines) is 1. The smallest absolute Gasteiger partial charge is 0.329 e. The monoisotopic (exact) mass is 426 g/mol. The number of esters is 1. The first-order chi connectivity index (χ1) is 14.9. The summed E-state index contributed by atoms with van der Waals surface area (Å²) in [4.78, 5) is 51.8. The highest BCUT2D eigenvalue weighted by molar-refractivity contribution is 6.08. The first-order valence-electron chi connectivity index (χ1n) is 11.3. The van der Waals surface area contributed by atoms with Gasteiger partial charge >= 0.3 is 5.97 Å². The Morgan fingerprint density at radius 1 is 1.06 bits per heavy atom. The van der Waals surface area contributed by atoms with Gasteiger partial charge in [0.15, 0.2) is 6.61 Å². The van der Waals surface area contributed by atoms with Crippen molar-refractivity contribution in [1.29, 1.82) is 0 Å². The van der Waals surface area contributed by atoms with Gasteiger partial charge in [-0.15, -0.1) is 0 Å². The highest BCUT2D eigenvalue weighted by Gasteiger charge is 2.62. The summed E-state index contributed by atoms with van der Waals surface area (Å²) >= 11 is 0. The van der Waals surface area contributed by atoms with Crippen molar-refractivity contribution in [3.05, 3.63) is 29.3 Å². The average molecular weight is 427 g/mol. The van der Waals surface area contributed by atoms with Crippen LogP contribution in [0.25, 0.3) is 0 Å². The molecule has 3 amide bonds. The van der Waals surface area contributed by atoms with Gasteiger partial charge in [0, 0.05) is 5.69 Å². The normalized spacial score (nSPS) is 27.4. The summed E-state index contributed by atoms with van der Waals surface area (Å²) in [5.41, 5.74) is 2.79. The zero-order valence-electron chi connectivity index (χ0n) is 18.3. The number of anilines is 1. The zero-order valence-corrected chi connectivity index (χ0v) is 18.3. The fourth-order valence-corrected chi connectivity index (χ4v) is 5.75. The average Bonchev–Trinajstić information content (AvgIpc) is 3.45. The predicted molar refractivity (Wildman–Crippen MR) is 114 cm³/mol. The number of imide groups is 1. The van der Waals surface area contributed by atoms with Gasteiger partial charge in [-0.3, -0.25) is 19.3 Å². The van der Waals surface area contributed by atoms with Crippen LogP contribution in [-0.4, -0.2) is 41.2 Å². The van der Waals surface area contributed by atoms with E-state index in [4.69, 9.17) is 4.74 Å². The molecule has 0 unspecified atom stereocenters. The molecule has 2 bridgehead atoms. The van der Waals surface area contributed by atoms with Crippen molar-refractivity contribution in [2.45, 2.75) is 58.9 Å². The lowest BCUT2D eigenvalue weighted by Crippen LogP contribution is -2.45. The van der Waals surface area contributed by atoms with Gasteiger partial charge in [0.2, 0.25) is 11.8 Å². The predicted octanol–water partition coefficient (Wildman–Crippen LogP) is 2.71. The van der Waals surface area contributed by atoms with E-state index in [1.54, 1.807) is 0 Å². The summed E-state index contributed by atoms with van der Waals surface area (Å²) in [6.07, 6.45) is 4.44. The quantitative estimate of drug-likeness (QED) is 0.535. The first kappa shape index (κ1) is 21.5. The fraction of sp³-hybridized carbons (Fsp3) is 0.583. The summed E-state index contributed by atoms with van der Waals surface area (Å²) in [5, 5.41) is 2.85. The van der Waals surface area contributed by atoms with Gasteiger partial charge in [0.1, 0.15) is 6.04 Å². The number of carbonyl (C=O) groups excluding carboxylic acids is 4. The number of aryl methyl sites for hydroxylation is 2. The molecule has 0 aromatic heterocycles. The molecule has 4 rings (SSSR count). The molecule has 31 heavy (non-hydrogen) atoms. The van der Waals surface area contributed by atoms with E-state index in [1.165, 1.54) is 6.92 Å². The minimum Gasteiger partial charge on any atom is -0.454 e. The molecule has 1 aliphatic heterocycles. The molecule has 3 aliphatic rings. The van der Waals surface area contributed by atoms with Crippen LogP contribution in [0.3, 0.4) is 0 Å². The molecule has 3 fully saturated rings. The Hall–Kier alpha value is -2.70. The van der Waals surface area contributed by atoms with E-state index < -0.39 is 24.5 Å². The third-order valence-corrected chi connectivity index (χ3v) is 7.30. The van der Waals surface area contributed by atoms with Gasteiger partial charge in [-0.25, -0.2) is 4.79 Å². The Morgan fingerprint density at radius 2 is 1.61 bits per heavy atom. The van der Waals surface area contributed by atoms with E-state index in [-0.39, 0.29) is 35.5 Å². The Balaban J connectivity index is 1.37. The molecule has 1 heterocycles. The Kier molecular flexibility index (Phi) is 5.86. The van der Waals surface area contributed by atoms with Crippen LogP contribution in [0.5, 0.6) is 0 Å². The van der Waals surface area contributed by atoms with Gasteiger partial charge < -0.3 is 10.1 Å². The molecule has 1 saturated heterocycles. The highest BCUT2D eigenvalue weighted by atomic mass is 16.5. The van der Waals surface area contributed by atoms with Crippen LogP contribution in [0.15, 0.2) is 18.2 Å². The summed E-state index contributed by atoms with van der Waals surface area (Å²) in [6, 6.07) is 4.85. The summed E-state index contributed by atoms with van der Waals surface area (Å²) < 4.78 is 5.19. The van der Waals surface area contributed by atoms with Crippen LogP contribution >= 0.6 is 0 Å². The van der Waals surface area contributed by atoms with Crippen molar-refractivity contribution in [3.8, 4) is 0 Å².